The lowest BCUT2D eigenvalue weighted by atomic mass is 9.87. The molecular weight excluding hydrogens is 667 g/mol. The number of nitrogens with zero attached hydrogens (tertiary/aromatic N) is 2. The van der Waals surface area contributed by atoms with Crippen molar-refractivity contribution in [3.05, 3.63) is 48.1 Å². The summed E-state index contributed by atoms with van der Waals surface area (Å²) in [5.74, 6) is 8.15. The van der Waals surface area contributed by atoms with Crippen LogP contribution in [0.1, 0.15) is 132 Å². The Labute approximate surface area is 323 Å². The molecule has 0 radical (unpaired) electrons. The van der Waals surface area contributed by atoms with Crippen LogP contribution < -0.4 is 26.5 Å². The molecule has 53 heavy (non-hydrogen) atoms. The maximum Gasteiger partial charge on any atom is 0.404 e. The van der Waals surface area contributed by atoms with Crippen LogP contribution in [0.5, 0.6) is 11.5 Å². The fourth-order valence-electron chi connectivity index (χ4n) is 6.52. The number of amides is 2. The molecule has 0 aromatic heterocycles. The van der Waals surface area contributed by atoms with Gasteiger partial charge in [0, 0.05) is 37.7 Å². The number of nitrogens with one attached hydrogen (secondary N) is 1. The summed E-state index contributed by atoms with van der Waals surface area (Å²) in [7, 11) is 0. The summed E-state index contributed by atoms with van der Waals surface area (Å²) in [6, 6.07) is 5.20. The molecule has 3 rings (SSSR count). The third kappa shape index (κ3) is 21.2. The van der Waals surface area contributed by atoms with Gasteiger partial charge in [0.15, 0.2) is 5.75 Å². The van der Waals surface area contributed by atoms with Crippen molar-refractivity contribution in [1.29, 1.82) is 0 Å². The van der Waals surface area contributed by atoms with Crippen LogP contribution in [0.2, 0.25) is 0 Å². The molecule has 1 saturated carbocycles. The number of benzene rings is 1. The first-order valence-corrected chi connectivity index (χ1v) is 20.4. The number of hydrogen-bond acceptors (Lipinski definition) is 8. The molecule has 4 atom stereocenters. The number of carbonyl (C=O) groups excluding carboxylic acids is 2. The minimum absolute atomic E-state index is 0.0520. The van der Waals surface area contributed by atoms with E-state index in [1.165, 1.54) is 64.2 Å². The van der Waals surface area contributed by atoms with E-state index in [-0.39, 0.29) is 23.8 Å². The van der Waals surface area contributed by atoms with Gasteiger partial charge in [-0.25, -0.2) is 4.79 Å². The molecule has 10 heteroatoms. The van der Waals surface area contributed by atoms with Crippen LogP contribution in [-0.2, 0) is 9.53 Å². The van der Waals surface area contributed by atoms with Crippen LogP contribution in [0.3, 0.4) is 0 Å². The molecule has 1 aromatic carbocycles. The van der Waals surface area contributed by atoms with Crippen molar-refractivity contribution in [3.8, 4) is 11.5 Å². The van der Waals surface area contributed by atoms with Crippen molar-refractivity contribution in [1.82, 2.24) is 10.2 Å². The van der Waals surface area contributed by atoms with Gasteiger partial charge in [-0.05, 0) is 63.8 Å². The second kappa shape index (κ2) is 32.1. The molecule has 2 amide bonds. The number of primary amides is 1. The first-order valence-electron chi connectivity index (χ1n) is 20.4. The van der Waals surface area contributed by atoms with Crippen molar-refractivity contribution in [2.45, 2.75) is 145 Å². The standard InChI is InChI=1S/C26H40N4O3.C12H24.C3H7NO2.C2H6/c1-6-8-9-11-19(3)20(4)25(29-7-2)26(31)30-16-15-28-18-22(30)14-17-32-23-12-10-13-24(33-27)21(23)5;1-2-3-9-12-10-7-5-4-6-8-11-12;1-2-6-3(4)5;1-2/h6-13,19-20,22,25,28H,14-18,27H2,1-5H3;12H,2-11H2,1H3;2H2,1H3,(H2,4,5);1-2H3/b8-6-,11-9-,29-7?;;;. The fraction of sp³-hybridized carbons (Fsp3) is 0.698. The highest BCUT2D eigenvalue weighted by molar-refractivity contribution is 5.84. The largest absolute Gasteiger partial charge is 0.493 e. The van der Waals surface area contributed by atoms with E-state index >= 15 is 0 Å². The summed E-state index contributed by atoms with van der Waals surface area (Å²) in [5, 5.41) is 3.41. The van der Waals surface area contributed by atoms with Gasteiger partial charge in [-0.3, -0.25) is 9.79 Å². The third-order valence-corrected chi connectivity index (χ3v) is 9.79. The third-order valence-electron chi connectivity index (χ3n) is 9.79. The number of hydrogen-bond donors (Lipinski definition) is 3. The van der Waals surface area contributed by atoms with Gasteiger partial charge in [0.2, 0.25) is 5.91 Å². The summed E-state index contributed by atoms with van der Waals surface area (Å²) in [5.41, 5.74) is 5.40. The van der Waals surface area contributed by atoms with Gasteiger partial charge in [0.05, 0.1) is 13.2 Å². The summed E-state index contributed by atoms with van der Waals surface area (Å²) < 4.78 is 10.2. The predicted octanol–water partition coefficient (Wildman–Crippen LogP) is 9.35. The smallest absolute Gasteiger partial charge is 0.404 e. The van der Waals surface area contributed by atoms with E-state index in [2.05, 4.69) is 47.6 Å². The zero-order valence-electron chi connectivity index (χ0n) is 34.9. The molecule has 0 bridgehead atoms. The lowest BCUT2D eigenvalue weighted by Crippen LogP contribution is -2.57. The first-order chi connectivity index (χ1) is 25.6. The number of allylic oxidation sites excluding steroid dienone is 4. The van der Waals surface area contributed by atoms with E-state index in [1.54, 1.807) is 19.2 Å². The quantitative estimate of drug-likeness (QED) is 0.0924. The average Bonchev–Trinajstić information content (AvgIpc) is 3.15. The Balaban J connectivity index is 0.00000110. The monoisotopic (exact) mass is 744 g/mol. The van der Waals surface area contributed by atoms with E-state index in [0.29, 0.717) is 25.5 Å². The van der Waals surface area contributed by atoms with E-state index in [9.17, 15) is 9.59 Å². The molecule has 1 aliphatic carbocycles. The van der Waals surface area contributed by atoms with Gasteiger partial charge in [0.1, 0.15) is 11.8 Å². The van der Waals surface area contributed by atoms with Gasteiger partial charge >= 0.3 is 6.09 Å². The van der Waals surface area contributed by atoms with E-state index in [1.807, 2.05) is 69.9 Å². The summed E-state index contributed by atoms with van der Waals surface area (Å²) in [4.78, 5) is 34.7. The van der Waals surface area contributed by atoms with Crippen LogP contribution in [0, 0.1) is 24.7 Å². The molecule has 4 unspecified atom stereocenters. The number of piperazine rings is 1. The van der Waals surface area contributed by atoms with Gasteiger partial charge < -0.3 is 30.3 Å². The lowest BCUT2D eigenvalue weighted by Gasteiger charge is -2.39. The second-order valence-electron chi connectivity index (χ2n) is 13.6. The van der Waals surface area contributed by atoms with Crippen molar-refractivity contribution in [2.75, 3.05) is 32.8 Å². The van der Waals surface area contributed by atoms with Crippen LogP contribution in [-0.4, -0.2) is 68.0 Å². The number of rotatable bonds is 15. The fourth-order valence-corrected chi connectivity index (χ4v) is 6.52. The minimum Gasteiger partial charge on any atom is -0.493 e. The number of unbranched alkanes of at least 4 members (excludes halogenated alkanes) is 1. The highest BCUT2D eigenvalue weighted by Gasteiger charge is 2.35. The Kier molecular flexibility index (Phi) is 30.1. The summed E-state index contributed by atoms with van der Waals surface area (Å²) in [6.45, 7) is 21.1. The van der Waals surface area contributed by atoms with E-state index in [4.69, 9.17) is 15.5 Å². The first kappa shape index (κ1) is 49.6. The highest BCUT2D eigenvalue weighted by atomic mass is 16.6. The van der Waals surface area contributed by atoms with Gasteiger partial charge in [-0.1, -0.05) is 129 Å². The zero-order valence-corrected chi connectivity index (χ0v) is 34.9. The Hall–Kier alpha value is -3.37. The Morgan fingerprint density at radius 3 is 2.25 bits per heavy atom. The van der Waals surface area contributed by atoms with E-state index < -0.39 is 12.1 Å². The number of carbonyl (C=O) groups is 2. The summed E-state index contributed by atoms with van der Waals surface area (Å²) >= 11 is 0. The zero-order chi connectivity index (χ0) is 39.9. The normalized spacial score (nSPS) is 18.2. The maximum atomic E-state index is 13.6. The molecule has 5 N–H and O–H groups in total. The highest BCUT2D eigenvalue weighted by Crippen LogP contribution is 2.28. The van der Waals surface area contributed by atoms with Gasteiger partial charge in [0.25, 0.3) is 0 Å². The van der Waals surface area contributed by atoms with Crippen molar-refractivity contribution < 1.29 is 23.9 Å². The lowest BCUT2D eigenvalue weighted by molar-refractivity contribution is -0.137. The molecule has 2 aliphatic rings. The number of aliphatic imine (C=N–C) groups is 1. The molecule has 1 saturated heterocycles. The average molecular weight is 744 g/mol. The SMILES string of the molecule is CC.CC=NC(C(=O)N1CCNCC1CCOc1cccc(ON)c1C)C(C)C(C)/C=C\C=C/C.CCCCC1CCCCCCC1.CCOC(N)=O. The Morgan fingerprint density at radius 2 is 1.68 bits per heavy atom. The van der Waals surface area contributed by atoms with Gasteiger partial charge in [-0.15, -0.1) is 0 Å². The van der Waals surface area contributed by atoms with Gasteiger partial charge in [-0.2, -0.15) is 5.90 Å². The number of ether oxygens (including phenoxy) is 2. The molecule has 10 nitrogen and oxygen atoms in total. The molecule has 304 valence electrons. The van der Waals surface area contributed by atoms with Crippen LogP contribution in [0.25, 0.3) is 0 Å². The van der Waals surface area contributed by atoms with Crippen LogP contribution >= 0.6 is 0 Å². The van der Waals surface area contributed by atoms with Crippen molar-refractivity contribution >= 4 is 18.2 Å². The Morgan fingerprint density at radius 1 is 1.02 bits per heavy atom. The minimum atomic E-state index is -0.711. The molecule has 1 aliphatic heterocycles. The molecular formula is C43H77N5O5. The molecule has 1 heterocycles. The second-order valence-corrected chi connectivity index (χ2v) is 13.6. The summed E-state index contributed by atoms with van der Waals surface area (Å²) in [6.07, 6.45) is 24.9. The van der Waals surface area contributed by atoms with Crippen molar-refractivity contribution in [2.24, 2.45) is 34.4 Å². The van der Waals surface area contributed by atoms with Crippen molar-refractivity contribution in [3.63, 3.8) is 0 Å². The predicted molar refractivity (Wildman–Crippen MR) is 223 cm³/mol. The number of nitrogens with two attached hydrogens (primary N) is 2. The molecule has 0 spiro atoms. The molecule has 1 aromatic rings. The Bertz CT molecular complexity index is 1160. The van der Waals surface area contributed by atoms with Crippen LogP contribution in [0.15, 0.2) is 47.5 Å². The van der Waals surface area contributed by atoms with Crippen LogP contribution in [0.4, 0.5) is 4.79 Å². The van der Waals surface area contributed by atoms with E-state index in [0.717, 1.165) is 36.7 Å². The topological polar surface area (TPSA) is 142 Å². The maximum absolute atomic E-state index is 13.6. The molecule has 2 fully saturated rings.